The lowest BCUT2D eigenvalue weighted by molar-refractivity contribution is -0.124. The average molecular weight is 291 g/mol. The van der Waals surface area contributed by atoms with E-state index in [1.165, 1.54) is 0 Å². The molecule has 2 amide bonds. The van der Waals surface area contributed by atoms with Gasteiger partial charge in [-0.05, 0) is 46.8 Å². The Morgan fingerprint density at radius 3 is 1.95 bits per heavy atom. The summed E-state index contributed by atoms with van der Waals surface area (Å²) < 4.78 is 0. The summed E-state index contributed by atoms with van der Waals surface area (Å²) >= 11 is 0. The number of carbonyl (C=O) groups excluding carboxylic acids is 2. The fraction of sp³-hybridized carbons (Fsp3) is 0.500. The Kier molecular flexibility index (Phi) is 6.37. The molecule has 0 radical (unpaired) electrons. The summed E-state index contributed by atoms with van der Waals surface area (Å²) in [6.45, 7) is 9.27. The van der Waals surface area contributed by atoms with Crippen LogP contribution in [0.15, 0.2) is 24.3 Å². The zero-order valence-corrected chi connectivity index (χ0v) is 13.4. The van der Waals surface area contributed by atoms with E-state index in [4.69, 9.17) is 0 Å². The van der Waals surface area contributed by atoms with E-state index in [0.29, 0.717) is 0 Å². The monoisotopic (exact) mass is 291 g/mol. The van der Waals surface area contributed by atoms with Crippen LogP contribution in [0.2, 0.25) is 0 Å². The maximum Gasteiger partial charge on any atom is 0.241 e. The Labute approximate surface area is 126 Å². The Morgan fingerprint density at radius 1 is 0.905 bits per heavy atom. The molecule has 2 atom stereocenters. The number of anilines is 1. The largest absolute Gasteiger partial charge is 0.353 e. The van der Waals surface area contributed by atoms with Crippen LogP contribution < -0.4 is 16.0 Å². The van der Waals surface area contributed by atoms with Crippen molar-refractivity contribution in [2.75, 3.05) is 5.32 Å². The summed E-state index contributed by atoms with van der Waals surface area (Å²) in [5.74, 6) is -0.275. The number of benzene rings is 1. The van der Waals surface area contributed by atoms with Crippen molar-refractivity contribution in [1.29, 1.82) is 0 Å². The SMILES string of the molecule is Cc1ccc(NC(=O)C(C)NC(C)C(=O)NC(C)C)cc1. The highest BCUT2D eigenvalue weighted by molar-refractivity contribution is 5.95. The second kappa shape index (κ2) is 7.78. The van der Waals surface area contributed by atoms with Gasteiger partial charge in [0, 0.05) is 11.7 Å². The van der Waals surface area contributed by atoms with Gasteiger partial charge in [0.15, 0.2) is 0 Å². The quantitative estimate of drug-likeness (QED) is 0.749. The molecule has 5 nitrogen and oxygen atoms in total. The highest BCUT2D eigenvalue weighted by Crippen LogP contribution is 2.09. The summed E-state index contributed by atoms with van der Waals surface area (Å²) in [6.07, 6.45) is 0. The van der Waals surface area contributed by atoms with E-state index in [2.05, 4.69) is 16.0 Å². The topological polar surface area (TPSA) is 70.2 Å². The molecular weight excluding hydrogens is 266 g/mol. The van der Waals surface area contributed by atoms with Gasteiger partial charge < -0.3 is 10.6 Å². The second-order valence-corrected chi connectivity index (χ2v) is 5.63. The smallest absolute Gasteiger partial charge is 0.241 e. The van der Waals surface area contributed by atoms with E-state index < -0.39 is 12.1 Å². The zero-order valence-electron chi connectivity index (χ0n) is 13.4. The van der Waals surface area contributed by atoms with Crippen LogP contribution in [0.5, 0.6) is 0 Å². The van der Waals surface area contributed by atoms with Crippen molar-refractivity contribution in [3.63, 3.8) is 0 Å². The van der Waals surface area contributed by atoms with Gasteiger partial charge in [-0.3, -0.25) is 14.9 Å². The second-order valence-electron chi connectivity index (χ2n) is 5.63. The lowest BCUT2D eigenvalue weighted by Crippen LogP contribution is -2.50. The maximum atomic E-state index is 12.1. The van der Waals surface area contributed by atoms with Crippen LogP contribution in [0.1, 0.15) is 33.3 Å². The molecule has 0 fully saturated rings. The molecule has 0 bridgehead atoms. The van der Waals surface area contributed by atoms with Crippen molar-refractivity contribution in [1.82, 2.24) is 10.6 Å². The third-order valence-electron chi connectivity index (χ3n) is 3.04. The first kappa shape index (κ1) is 17.2. The third-order valence-corrected chi connectivity index (χ3v) is 3.04. The van der Waals surface area contributed by atoms with E-state index in [-0.39, 0.29) is 17.9 Å². The van der Waals surface area contributed by atoms with Crippen molar-refractivity contribution in [2.45, 2.75) is 52.7 Å². The predicted molar refractivity (Wildman–Crippen MR) is 85.1 cm³/mol. The molecule has 0 aliphatic carbocycles. The van der Waals surface area contributed by atoms with Crippen LogP contribution >= 0.6 is 0 Å². The lowest BCUT2D eigenvalue weighted by atomic mass is 10.2. The van der Waals surface area contributed by atoms with Crippen LogP contribution in [0.25, 0.3) is 0 Å². The van der Waals surface area contributed by atoms with Crippen molar-refractivity contribution in [3.8, 4) is 0 Å². The van der Waals surface area contributed by atoms with Gasteiger partial charge in [-0.2, -0.15) is 0 Å². The minimum absolute atomic E-state index is 0.0819. The Bertz CT molecular complexity index is 483. The first-order valence-corrected chi connectivity index (χ1v) is 7.23. The van der Waals surface area contributed by atoms with Crippen molar-refractivity contribution in [2.24, 2.45) is 0 Å². The summed E-state index contributed by atoms with van der Waals surface area (Å²) in [5, 5.41) is 8.62. The van der Waals surface area contributed by atoms with Crippen LogP contribution in [0.4, 0.5) is 5.69 Å². The predicted octanol–water partition coefficient (Wildman–Crippen LogP) is 1.82. The molecule has 0 spiro atoms. The van der Waals surface area contributed by atoms with Gasteiger partial charge in [-0.1, -0.05) is 17.7 Å². The average Bonchev–Trinajstić information content (AvgIpc) is 2.40. The summed E-state index contributed by atoms with van der Waals surface area (Å²) in [7, 11) is 0. The van der Waals surface area contributed by atoms with Gasteiger partial charge in [-0.25, -0.2) is 0 Å². The molecule has 0 aromatic heterocycles. The van der Waals surface area contributed by atoms with Gasteiger partial charge in [0.1, 0.15) is 0 Å². The summed E-state index contributed by atoms with van der Waals surface area (Å²) in [5.41, 5.74) is 1.89. The fourth-order valence-electron chi connectivity index (χ4n) is 1.82. The highest BCUT2D eigenvalue weighted by atomic mass is 16.2. The normalized spacial score (nSPS) is 13.6. The van der Waals surface area contributed by atoms with Crippen LogP contribution in [-0.2, 0) is 9.59 Å². The molecule has 2 unspecified atom stereocenters. The van der Waals surface area contributed by atoms with E-state index in [1.807, 2.05) is 45.0 Å². The first-order chi connectivity index (χ1) is 9.79. The Hall–Kier alpha value is -1.88. The zero-order chi connectivity index (χ0) is 16.0. The molecule has 3 N–H and O–H groups in total. The molecule has 1 rings (SSSR count). The molecule has 0 heterocycles. The van der Waals surface area contributed by atoms with Gasteiger partial charge in [0.05, 0.1) is 12.1 Å². The molecule has 5 heteroatoms. The number of nitrogens with one attached hydrogen (secondary N) is 3. The highest BCUT2D eigenvalue weighted by Gasteiger charge is 2.20. The third kappa shape index (κ3) is 5.95. The van der Waals surface area contributed by atoms with E-state index >= 15 is 0 Å². The fourth-order valence-corrected chi connectivity index (χ4v) is 1.82. The molecule has 0 aliphatic rings. The van der Waals surface area contributed by atoms with Crippen LogP contribution in [-0.4, -0.2) is 29.9 Å². The minimum atomic E-state index is -0.459. The summed E-state index contributed by atoms with van der Waals surface area (Å²) in [4.78, 5) is 23.9. The van der Waals surface area contributed by atoms with Crippen molar-refractivity contribution < 1.29 is 9.59 Å². The molecule has 0 aliphatic heterocycles. The molecule has 1 aromatic rings. The molecule has 116 valence electrons. The number of rotatable bonds is 6. The number of hydrogen-bond donors (Lipinski definition) is 3. The van der Waals surface area contributed by atoms with Crippen LogP contribution in [0.3, 0.4) is 0 Å². The number of hydrogen-bond acceptors (Lipinski definition) is 3. The van der Waals surface area contributed by atoms with Gasteiger partial charge in [0.25, 0.3) is 0 Å². The van der Waals surface area contributed by atoms with E-state index in [9.17, 15) is 9.59 Å². The molecular formula is C16H25N3O2. The Balaban J connectivity index is 2.50. The van der Waals surface area contributed by atoms with Gasteiger partial charge in [0.2, 0.25) is 11.8 Å². The van der Waals surface area contributed by atoms with Gasteiger partial charge in [-0.15, -0.1) is 0 Å². The van der Waals surface area contributed by atoms with Crippen LogP contribution in [0, 0.1) is 6.92 Å². The minimum Gasteiger partial charge on any atom is -0.353 e. The number of carbonyl (C=O) groups is 2. The van der Waals surface area contributed by atoms with E-state index in [0.717, 1.165) is 11.3 Å². The first-order valence-electron chi connectivity index (χ1n) is 7.23. The standard InChI is InChI=1S/C16H25N3O2/c1-10(2)17-15(20)12(4)18-13(5)16(21)19-14-8-6-11(3)7-9-14/h6-10,12-13,18H,1-5H3,(H,17,20)(H,19,21). The Morgan fingerprint density at radius 2 is 1.43 bits per heavy atom. The molecule has 0 saturated heterocycles. The summed E-state index contributed by atoms with van der Waals surface area (Å²) in [6, 6.07) is 6.78. The van der Waals surface area contributed by atoms with Crippen molar-refractivity contribution >= 4 is 17.5 Å². The van der Waals surface area contributed by atoms with Gasteiger partial charge >= 0.3 is 0 Å². The number of amides is 2. The number of aryl methyl sites for hydroxylation is 1. The van der Waals surface area contributed by atoms with Crippen molar-refractivity contribution in [3.05, 3.63) is 29.8 Å². The molecule has 1 aromatic carbocycles. The van der Waals surface area contributed by atoms with E-state index in [1.54, 1.807) is 13.8 Å². The maximum absolute atomic E-state index is 12.1. The lowest BCUT2D eigenvalue weighted by Gasteiger charge is -2.20. The molecule has 0 saturated carbocycles. The molecule has 21 heavy (non-hydrogen) atoms.